The van der Waals surface area contributed by atoms with Gasteiger partial charge in [-0.15, -0.1) is 0 Å². The number of rotatable bonds is 6. The van der Waals surface area contributed by atoms with Gasteiger partial charge in [0, 0.05) is 17.1 Å². The zero-order valence-electron chi connectivity index (χ0n) is 44.9. The predicted molar refractivity (Wildman–Crippen MR) is 316 cm³/mol. The third-order valence-corrected chi connectivity index (χ3v) is 17.1. The third-order valence-electron chi connectivity index (χ3n) is 17.1. The number of fused-ring (bicyclic) bond motifs is 13. The van der Waals surface area contributed by atoms with Crippen molar-refractivity contribution in [2.75, 3.05) is 4.90 Å². The van der Waals surface area contributed by atoms with Gasteiger partial charge in [-0.2, -0.15) is 0 Å². The van der Waals surface area contributed by atoms with Crippen molar-refractivity contribution in [2.45, 2.75) is 89.4 Å². The zero-order chi connectivity index (χ0) is 51.6. The number of nitrogens with zero attached hydrogens (tertiary/aromatic N) is 1. The first-order valence-electron chi connectivity index (χ1n) is 27.0. The van der Waals surface area contributed by atoms with E-state index in [1.807, 2.05) is 0 Å². The Hall–Kier alpha value is -8.00. The molecule has 0 aromatic heterocycles. The molecule has 10 aromatic rings. The highest BCUT2D eigenvalue weighted by molar-refractivity contribution is 5.97. The lowest BCUT2D eigenvalue weighted by Gasteiger charge is -2.36. The fraction of sp³-hybridized carbons (Fsp3) is 0.189. The van der Waals surface area contributed by atoms with Crippen LogP contribution in [0.4, 0.5) is 17.1 Å². The maximum Gasteiger partial charge on any atom is 0.0726 e. The summed E-state index contributed by atoms with van der Waals surface area (Å²) in [6.45, 7) is 20.9. The predicted octanol–water partition coefficient (Wildman–Crippen LogP) is 19.4. The van der Waals surface area contributed by atoms with Crippen molar-refractivity contribution in [2.24, 2.45) is 0 Å². The Bertz CT molecular complexity index is 3780. The number of hydrogen-bond acceptors (Lipinski definition) is 1. The first-order valence-corrected chi connectivity index (χ1v) is 27.0. The normalized spacial score (nSPS) is 15.7. The second-order valence-corrected chi connectivity index (χ2v) is 24.5. The second-order valence-electron chi connectivity index (χ2n) is 24.5. The van der Waals surface area contributed by atoms with Gasteiger partial charge in [-0.3, -0.25) is 0 Å². The molecule has 13 rings (SSSR count). The van der Waals surface area contributed by atoms with Crippen LogP contribution in [0.3, 0.4) is 0 Å². The minimum absolute atomic E-state index is 0.0165. The highest BCUT2D eigenvalue weighted by atomic mass is 15.1. The summed E-state index contributed by atoms with van der Waals surface area (Å²) in [5, 5.41) is 0. The lowest BCUT2D eigenvalue weighted by atomic mass is 9.67. The molecule has 0 saturated carbocycles. The Morgan fingerprint density at radius 3 is 1.04 bits per heavy atom. The Kier molecular flexibility index (Phi) is 10.4. The van der Waals surface area contributed by atoms with E-state index in [1.165, 1.54) is 106 Å². The summed E-state index contributed by atoms with van der Waals surface area (Å²) in [4.78, 5) is 2.53. The van der Waals surface area contributed by atoms with Crippen LogP contribution in [0, 0.1) is 0 Å². The van der Waals surface area contributed by atoms with Crippen LogP contribution < -0.4 is 4.90 Å². The van der Waals surface area contributed by atoms with Gasteiger partial charge in [-0.1, -0.05) is 256 Å². The van der Waals surface area contributed by atoms with Crippen LogP contribution in [0.1, 0.15) is 124 Å². The van der Waals surface area contributed by atoms with E-state index in [0.29, 0.717) is 0 Å². The van der Waals surface area contributed by atoms with Crippen LogP contribution in [0.15, 0.2) is 231 Å². The van der Waals surface area contributed by atoms with Gasteiger partial charge in [0.2, 0.25) is 0 Å². The molecule has 0 aliphatic heterocycles. The largest absolute Gasteiger partial charge is 0.310 e. The van der Waals surface area contributed by atoms with Crippen LogP contribution in [-0.2, 0) is 27.1 Å². The summed E-state index contributed by atoms with van der Waals surface area (Å²) in [6.07, 6.45) is 0. The molecule has 1 unspecified atom stereocenters. The molecular weight excluding hydrogens is 903 g/mol. The van der Waals surface area contributed by atoms with Crippen LogP contribution in [0.25, 0.3) is 44.5 Å². The van der Waals surface area contributed by atoms with Gasteiger partial charge in [0.15, 0.2) is 0 Å². The maximum atomic E-state index is 2.54. The Morgan fingerprint density at radius 2 is 0.587 bits per heavy atom. The zero-order valence-corrected chi connectivity index (χ0v) is 44.9. The highest BCUT2D eigenvalue weighted by Crippen LogP contribution is 2.64. The maximum absolute atomic E-state index is 2.54. The molecule has 1 atom stereocenters. The molecule has 0 bridgehead atoms. The van der Waals surface area contributed by atoms with E-state index in [4.69, 9.17) is 0 Å². The average Bonchev–Trinajstić information content (AvgIpc) is 4.00. The fourth-order valence-corrected chi connectivity index (χ4v) is 13.2. The van der Waals surface area contributed by atoms with Gasteiger partial charge in [0.25, 0.3) is 0 Å². The van der Waals surface area contributed by atoms with Crippen LogP contribution in [0.2, 0.25) is 0 Å². The molecule has 1 spiro atoms. The summed E-state index contributed by atoms with van der Waals surface area (Å²) in [5.41, 5.74) is 27.0. The van der Waals surface area contributed by atoms with Crippen LogP contribution in [-0.4, -0.2) is 0 Å². The average molecular weight is 968 g/mol. The van der Waals surface area contributed by atoms with E-state index in [9.17, 15) is 0 Å². The smallest absolute Gasteiger partial charge is 0.0726 e. The van der Waals surface area contributed by atoms with E-state index in [2.05, 4.69) is 298 Å². The fourth-order valence-electron chi connectivity index (χ4n) is 13.2. The van der Waals surface area contributed by atoms with Crippen LogP contribution >= 0.6 is 0 Å². The molecular formula is C74H65N. The Morgan fingerprint density at radius 1 is 0.253 bits per heavy atom. The van der Waals surface area contributed by atoms with Gasteiger partial charge < -0.3 is 4.90 Å². The van der Waals surface area contributed by atoms with Gasteiger partial charge in [-0.25, -0.2) is 0 Å². The monoisotopic (exact) mass is 968 g/mol. The van der Waals surface area contributed by atoms with Crippen molar-refractivity contribution in [3.63, 3.8) is 0 Å². The lowest BCUT2D eigenvalue weighted by molar-refractivity contribution is 0.588. The summed E-state index contributed by atoms with van der Waals surface area (Å²) in [6, 6.07) is 88.6. The first-order chi connectivity index (χ1) is 36.1. The molecule has 75 heavy (non-hydrogen) atoms. The van der Waals surface area contributed by atoms with E-state index in [0.717, 1.165) is 17.1 Å². The molecule has 0 fully saturated rings. The van der Waals surface area contributed by atoms with E-state index >= 15 is 0 Å². The first kappa shape index (κ1) is 46.8. The molecule has 366 valence electrons. The van der Waals surface area contributed by atoms with Gasteiger partial charge >= 0.3 is 0 Å². The minimum atomic E-state index is -0.594. The third kappa shape index (κ3) is 7.04. The summed E-state index contributed by atoms with van der Waals surface area (Å²) < 4.78 is 0. The Balaban J connectivity index is 1.08. The minimum Gasteiger partial charge on any atom is -0.310 e. The van der Waals surface area contributed by atoms with Gasteiger partial charge in [-0.05, 0) is 158 Å². The molecule has 0 amide bonds. The quantitative estimate of drug-likeness (QED) is 0.160. The number of hydrogen-bond donors (Lipinski definition) is 0. The molecule has 0 N–H and O–H groups in total. The van der Waals surface area contributed by atoms with Gasteiger partial charge in [0.1, 0.15) is 0 Å². The van der Waals surface area contributed by atoms with Crippen molar-refractivity contribution in [1.29, 1.82) is 0 Å². The molecule has 10 aromatic carbocycles. The van der Waals surface area contributed by atoms with Crippen molar-refractivity contribution >= 4 is 17.1 Å². The molecule has 0 saturated heterocycles. The van der Waals surface area contributed by atoms with E-state index in [-0.39, 0.29) is 16.2 Å². The summed E-state index contributed by atoms with van der Waals surface area (Å²) >= 11 is 0. The van der Waals surface area contributed by atoms with Crippen molar-refractivity contribution in [3.05, 3.63) is 292 Å². The van der Waals surface area contributed by atoms with Crippen molar-refractivity contribution < 1.29 is 0 Å². The summed E-state index contributed by atoms with van der Waals surface area (Å²) in [7, 11) is 0. The van der Waals surface area contributed by atoms with E-state index in [1.54, 1.807) is 0 Å². The van der Waals surface area contributed by atoms with Crippen molar-refractivity contribution in [3.8, 4) is 44.5 Å². The number of anilines is 3. The van der Waals surface area contributed by atoms with Crippen molar-refractivity contribution in [1.82, 2.24) is 0 Å². The molecule has 0 radical (unpaired) electrons. The lowest BCUT2D eigenvalue weighted by Crippen LogP contribution is -2.29. The topological polar surface area (TPSA) is 3.24 Å². The number of benzene rings is 10. The molecule has 3 aliphatic rings. The molecule has 3 aliphatic carbocycles. The molecule has 0 heterocycles. The molecule has 1 nitrogen and oxygen atoms in total. The molecule has 1 heteroatoms. The Labute approximate surface area is 445 Å². The second kappa shape index (κ2) is 16.8. The van der Waals surface area contributed by atoms with Gasteiger partial charge in [0.05, 0.1) is 10.8 Å². The standard InChI is InChI=1S/C74H65N/c1-70(2,3)50-29-33-52(34-30-50)73(53-35-31-51(32-36-53)71(4,5)6)64-24-16-13-21-58(64)62-43-40-56(46-68(62)73)75(55-38-27-49(28-39-55)48-19-11-10-12-20-48)57-41-44-63-60-23-15-18-26-66(60)74(69(63)47-57)65-25-17-14-22-59(65)61-42-37-54(45-67(61)74)72(7,8)9/h10-47H,1-9H3. The highest BCUT2D eigenvalue weighted by Gasteiger charge is 2.52. The van der Waals surface area contributed by atoms with E-state index < -0.39 is 10.8 Å². The SMILES string of the molecule is CC(C)(C)c1ccc(C2(c3ccc(C(C)(C)C)cc3)c3ccccc3-c3ccc(N(c4ccc(-c5ccccc5)cc4)c4ccc5c(c4)C4(c6ccccc6-5)c5ccccc5-c5ccc(C(C)(C)C)cc54)cc32)cc1. The summed E-state index contributed by atoms with van der Waals surface area (Å²) in [5.74, 6) is 0. The van der Waals surface area contributed by atoms with Crippen LogP contribution in [0.5, 0.6) is 0 Å².